The smallest absolute Gasteiger partial charge is 0.252 e. The normalized spacial score (nSPS) is 13.7. The van der Waals surface area contributed by atoms with Crippen molar-refractivity contribution in [3.8, 4) is 0 Å². The highest BCUT2D eigenvalue weighted by Gasteiger charge is 2.35. The van der Waals surface area contributed by atoms with Gasteiger partial charge >= 0.3 is 6.18 Å². The third-order valence-corrected chi connectivity index (χ3v) is 5.90. The molecule has 130 valence electrons. The highest BCUT2D eigenvalue weighted by atomic mass is 32.2. The van der Waals surface area contributed by atoms with E-state index in [0.29, 0.717) is 6.42 Å². The molecule has 0 radical (unpaired) electrons. The zero-order valence-corrected chi connectivity index (χ0v) is 13.9. The molecule has 0 aliphatic rings. The van der Waals surface area contributed by atoms with Crippen LogP contribution in [0.2, 0.25) is 0 Å². The van der Waals surface area contributed by atoms with Crippen LogP contribution < -0.4 is 0 Å². The average Bonchev–Trinajstić information content (AvgIpc) is 2.55. The quantitative estimate of drug-likeness (QED) is 0.746. The van der Waals surface area contributed by atoms with Crippen LogP contribution in [0.4, 0.5) is 13.2 Å². The molecule has 0 saturated carbocycles. The predicted molar refractivity (Wildman–Crippen MR) is 85.1 cm³/mol. The summed E-state index contributed by atoms with van der Waals surface area (Å²) in [5.41, 5.74) is -0.959. The summed E-state index contributed by atoms with van der Waals surface area (Å²) in [5, 5.41) is -1.02. The number of pyridine rings is 1. The fraction of sp³-hybridized carbons (Fsp3) is 0.353. The topological polar surface area (TPSA) is 47.0 Å². The summed E-state index contributed by atoms with van der Waals surface area (Å²) < 4.78 is 64.5. The lowest BCUT2D eigenvalue weighted by molar-refractivity contribution is -0.141. The number of nitrogens with zero attached hydrogens (tertiary/aromatic N) is 1. The van der Waals surface area contributed by atoms with Crippen molar-refractivity contribution in [3.63, 3.8) is 0 Å². The molecule has 0 unspecified atom stereocenters. The molecule has 24 heavy (non-hydrogen) atoms. The van der Waals surface area contributed by atoms with Gasteiger partial charge in [-0.1, -0.05) is 38.0 Å². The van der Waals surface area contributed by atoms with Crippen LogP contribution in [-0.2, 0) is 16.0 Å². The number of unbranched alkanes of at least 4 members (excludes halogenated alkanes) is 1. The van der Waals surface area contributed by atoms with E-state index in [1.165, 1.54) is 18.2 Å². The number of aromatic nitrogens is 1. The van der Waals surface area contributed by atoms with Gasteiger partial charge in [-0.25, -0.2) is 8.42 Å². The molecule has 1 heterocycles. The van der Waals surface area contributed by atoms with Crippen molar-refractivity contribution in [2.45, 2.75) is 42.5 Å². The molecule has 1 atom stereocenters. The minimum absolute atomic E-state index is 0.108. The standard InChI is InChI=1S/C17H18F3NO2S/c1-2-3-9-15(24(22,23)14-7-5-4-6-8-14)13-10-11-21-16(12-13)17(18,19)20/h4-8,10-12,15H,2-3,9H2,1H3/t15-/m1/s1. The number of hydrogen-bond acceptors (Lipinski definition) is 3. The van der Waals surface area contributed by atoms with Crippen LogP contribution in [0.3, 0.4) is 0 Å². The first-order valence-corrected chi connectivity index (χ1v) is 9.13. The second-order valence-electron chi connectivity index (χ2n) is 5.46. The fourth-order valence-corrected chi connectivity index (χ4v) is 4.31. The third-order valence-electron chi connectivity index (χ3n) is 3.71. The SMILES string of the molecule is CCCC[C@H](c1ccnc(C(F)(F)F)c1)S(=O)(=O)c1ccccc1. The van der Waals surface area contributed by atoms with Gasteiger partial charge in [-0.15, -0.1) is 0 Å². The first-order valence-electron chi connectivity index (χ1n) is 7.59. The molecule has 0 aliphatic heterocycles. The Labute approximate surface area is 139 Å². The molecule has 0 amide bonds. The number of halogens is 3. The Bertz CT molecular complexity index is 774. The Kier molecular flexibility index (Phi) is 5.64. The van der Waals surface area contributed by atoms with Crippen LogP contribution in [0.15, 0.2) is 53.6 Å². The second kappa shape index (κ2) is 7.34. The van der Waals surface area contributed by atoms with Gasteiger partial charge in [0.2, 0.25) is 0 Å². The van der Waals surface area contributed by atoms with E-state index in [4.69, 9.17) is 0 Å². The van der Waals surface area contributed by atoms with Gasteiger partial charge in [0.1, 0.15) is 5.69 Å². The molecule has 2 aromatic rings. The van der Waals surface area contributed by atoms with Gasteiger partial charge in [0, 0.05) is 6.20 Å². The minimum Gasteiger partial charge on any atom is -0.252 e. The summed E-state index contributed by atoms with van der Waals surface area (Å²) in [4.78, 5) is 3.42. The van der Waals surface area contributed by atoms with Crippen LogP contribution >= 0.6 is 0 Å². The summed E-state index contributed by atoms with van der Waals surface area (Å²) in [6.07, 6.45) is -1.99. The Morgan fingerprint density at radius 3 is 2.38 bits per heavy atom. The highest BCUT2D eigenvalue weighted by Crippen LogP contribution is 2.35. The van der Waals surface area contributed by atoms with Crippen molar-refractivity contribution >= 4 is 9.84 Å². The maximum atomic E-state index is 12.9. The number of alkyl halides is 3. The number of sulfone groups is 1. The Morgan fingerprint density at radius 2 is 1.79 bits per heavy atom. The molecule has 0 N–H and O–H groups in total. The van der Waals surface area contributed by atoms with E-state index in [1.54, 1.807) is 18.2 Å². The summed E-state index contributed by atoms with van der Waals surface area (Å²) >= 11 is 0. The predicted octanol–water partition coefficient (Wildman–Crippen LogP) is 4.81. The van der Waals surface area contributed by atoms with E-state index >= 15 is 0 Å². The average molecular weight is 357 g/mol. The molecule has 0 bridgehead atoms. The summed E-state index contributed by atoms with van der Waals surface area (Å²) in [6, 6.07) is 9.97. The Morgan fingerprint density at radius 1 is 1.12 bits per heavy atom. The third kappa shape index (κ3) is 4.14. The van der Waals surface area contributed by atoms with Gasteiger partial charge in [0.05, 0.1) is 10.1 Å². The van der Waals surface area contributed by atoms with Crippen LogP contribution in [0.1, 0.15) is 42.7 Å². The van der Waals surface area contributed by atoms with E-state index in [9.17, 15) is 21.6 Å². The fourth-order valence-electron chi connectivity index (χ4n) is 2.47. The van der Waals surface area contributed by atoms with Gasteiger partial charge in [-0.05, 0) is 36.2 Å². The molecule has 0 fully saturated rings. The molecular weight excluding hydrogens is 339 g/mol. The lowest BCUT2D eigenvalue weighted by Crippen LogP contribution is -2.16. The lowest BCUT2D eigenvalue weighted by Gasteiger charge is -2.19. The largest absolute Gasteiger partial charge is 0.433 e. The maximum Gasteiger partial charge on any atom is 0.433 e. The Hall–Kier alpha value is -1.89. The van der Waals surface area contributed by atoms with Crippen molar-refractivity contribution in [3.05, 3.63) is 59.9 Å². The first-order chi connectivity index (χ1) is 11.3. The van der Waals surface area contributed by atoms with Crippen molar-refractivity contribution in [1.82, 2.24) is 4.98 Å². The first kappa shape index (κ1) is 18.4. The van der Waals surface area contributed by atoms with Crippen molar-refractivity contribution in [1.29, 1.82) is 0 Å². The molecule has 2 rings (SSSR count). The molecule has 0 aliphatic carbocycles. The van der Waals surface area contributed by atoms with Crippen molar-refractivity contribution < 1.29 is 21.6 Å². The monoisotopic (exact) mass is 357 g/mol. The van der Waals surface area contributed by atoms with Gasteiger partial charge in [-0.2, -0.15) is 13.2 Å². The summed E-state index contributed by atoms with van der Waals surface area (Å²) in [5.74, 6) is 0. The maximum absolute atomic E-state index is 12.9. The van der Waals surface area contributed by atoms with Crippen molar-refractivity contribution in [2.75, 3.05) is 0 Å². The second-order valence-corrected chi connectivity index (χ2v) is 7.59. The van der Waals surface area contributed by atoms with E-state index in [-0.39, 0.29) is 16.9 Å². The molecule has 3 nitrogen and oxygen atoms in total. The zero-order valence-electron chi connectivity index (χ0n) is 13.1. The number of rotatable bonds is 6. The molecule has 0 spiro atoms. The van der Waals surface area contributed by atoms with Gasteiger partial charge in [-0.3, -0.25) is 4.98 Å². The van der Waals surface area contributed by atoms with Crippen molar-refractivity contribution in [2.24, 2.45) is 0 Å². The highest BCUT2D eigenvalue weighted by molar-refractivity contribution is 7.91. The summed E-state index contributed by atoms with van der Waals surface area (Å²) in [6.45, 7) is 1.90. The van der Waals surface area contributed by atoms with E-state index in [0.717, 1.165) is 18.7 Å². The van der Waals surface area contributed by atoms with E-state index in [2.05, 4.69) is 4.98 Å². The number of benzene rings is 1. The van der Waals surface area contributed by atoms with E-state index < -0.39 is 27.0 Å². The Balaban J connectivity index is 2.50. The van der Waals surface area contributed by atoms with E-state index in [1.807, 2.05) is 6.92 Å². The lowest BCUT2D eigenvalue weighted by atomic mass is 10.1. The molecule has 7 heteroatoms. The van der Waals surface area contributed by atoms with Crippen LogP contribution in [0.5, 0.6) is 0 Å². The molecule has 0 saturated heterocycles. The molecule has 1 aromatic carbocycles. The van der Waals surface area contributed by atoms with Gasteiger partial charge in [0.15, 0.2) is 9.84 Å². The van der Waals surface area contributed by atoms with Gasteiger partial charge < -0.3 is 0 Å². The van der Waals surface area contributed by atoms with Crippen LogP contribution in [-0.4, -0.2) is 13.4 Å². The summed E-state index contributed by atoms with van der Waals surface area (Å²) in [7, 11) is -3.78. The molecular formula is C17H18F3NO2S. The molecule has 1 aromatic heterocycles. The number of hydrogen-bond donors (Lipinski definition) is 0. The van der Waals surface area contributed by atoms with Crippen LogP contribution in [0.25, 0.3) is 0 Å². The zero-order chi connectivity index (χ0) is 17.8. The minimum atomic E-state index is -4.61. The van der Waals surface area contributed by atoms with Crippen LogP contribution in [0, 0.1) is 0 Å². The van der Waals surface area contributed by atoms with Gasteiger partial charge in [0.25, 0.3) is 0 Å².